The third-order valence-corrected chi connectivity index (χ3v) is 7.68. The molecule has 2 aromatic carbocycles. The maximum absolute atomic E-state index is 5.29. The van der Waals surface area contributed by atoms with E-state index >= 15 is 0 Å². The predicted molar refractivity (Wildman–Crippen MR) is 122 cm³/mol. The van der Waals surface area contributed by atoms with E-state index in [2.05, 4.69) is 54.2 Å². The third-order valence-electron chi connectivity index (χ3n) is 4.84. The molecule has 0 atom stereocenters. The number of para-hydroxylation sites is 1. The van der Waals surface area contributed by atoms with Gasteiger partial charge < -0.3 is 4.74 Å². The highest BCUT2D eigenvalue weighted by molar-refractivity contribution is 7.99. The first-order chi connectivity index (χ1) is 14.8. The van der Waals surface area contributed by atoms with E-state index in [9.17, 15) is 0 Å². The Balaban J connectivity index is 1.50. The van der Waals surface area contributed by atoms with Gasteiger partial charge in [-0.1, -0.05) is 35.6 Å². The molecule has 0 aliphatic heterocycles. The molecule has 0 bridgehead atoms. The van der Waals surface area contributed by atoms with Crippen molar-refractivity contribution in [3.8, 4) is 16.9 Å². The van der Waals surface area contributed by atoms with Gasteiger partial charge in [-0.2, -0.15) is 0 Å². The lowest BCUT2D eigenvalue weighted by molar-refractivity contribution is 0.415. The van der Waals surface area contributed by atoms with E-state index in [-0.39, 0.29) is 0 Å². The van der Waals surface area contributed by atoms with Gasteiger partial charge in [-0.3, -0.25) is 4.40 Å². The van der Waals surface area contributed by atoms with Gasteiger partial charge in [-0.25, -0.2) is 9.97 Å². The summed E-state index contributed by atoms with van der Waals surface area (Å²) in [6.45, 7) is 0. The van der Waals surface area contributed by atoms with Crippen LogP contribution >= 0.6 is 34.4 Å². The molecule has 0 spiro atoms. The molecule has 4 aromatic heterocycles. The van der Waals surface area contributed by atoms with Crippen LogP contribution in [0.3, 0.4) is 0 Å². The van der Waals surface area contributed by atoms with Gasteiger partial charge in [0.15, 0.2) is 0 Å². The highest BCUT2D eigenvalue weighted by Crippen LogP contribution is 2.41. The molecule has 0 saturated heterocycles. The van der Waals surface area contributed by atoms with Gasteiger partial charge in [-0.05, 0) is 41.6 Å². The zero-order valence-corrected chi connectivity index (χ0v) is 18.1. The van der Waals surface area contributed by atoms with Crippen LogP contribution in [0.1, 0.15) is 0 Å². The van der Waals surface area contributed by atoms with Gasteiger partial charge in [-0.15, -0.1) is 21.5 Å². The Labute approximate surface area is 183 Å². The zero-order valence-electron chi connectivity index (χ0n) is 15.6. The molecule has 146 valence electrons. The lowest BCUT2D eigenvalue weighted by atomic mass is 10.1. The topological polar surface area (TPSA) is 65.2 Å². The summed E-state index contributed by atoms with van der Waals surface area (Å²) in [6.07, 6.45) is 1.61. The molecule has 0 N–H and O–H groups in total. The number of thiazole rings is 1. The molecule has 0 radical (unpaired) electrons. The van der Waals surface area contributed by atoms with Crippen LogP contribution in [0.5, 0.6) is 5.75 Å². The standard InChI is InChI=1S/C21H13N5OS3/c1-27-13-8-6-12(7-9-13)14-10-28-18-17(14)19(23-11-22-18)30-21-25-24-20-26(21)15-4-2-3-5-16(15)29-20/h2-11H,1H3. The average Bonchev–Trinajstić information content (AvgIpc) is 3.48. The summed E-state index contributed by atoms with van der Waals surface area (Å²) < 4.78 is 8.57. The fourth-order valence-electron chi connectivity index (χ4n) is 3.42. The molecule has 0 saturated carbocycles. The predicted octanol–water partition coefficient (Wildman–Crippen LogP) is 5.78. The van der Waals surface area contributed by atoms with Crippen molar-refractivity contribution >= 4 is 59.8 Å². The van der Waals surface area contributed by atoms with Crippen LogP contribution < -0.4 is 4.74 Å². The number of ether oxygens (including phenoxy) is 1. The van der Waals surface area contributed by atoms with Crippen molar-refractivity contribution in [2.75, 3.05) is 7.11 Å². The monoisotopic (exact) mass is 447 g/mol. The molecule has 0 fully saturated rings. The van der Waals surface area contributed by atoms with E-state index < -0.39 is 0 Å². The summed E-state index contributed by atoms with van der Waals surface area (Å²) in [5.41, 5.74) is 3.32. The first kappa shape index (κ1) is 17.8. The zero-order chi connectivity index (χ0) is 20.1. The van der Waals surface area contributed by atoms with E-state index in [1.807, 2.05) is 24.3 Å². The SMILES string of the molecule is COc1ccc(-c2csc3ncnc(Sc4nnc5sc6ccccc6n45)c23)cc1. The number of benzene rings is 2. The van der Waals surface area contributed by atoms with E-state index in [4.69, 9.17) is 4.74 Å². The molecule has 6 rings (SSSR count). The normalized spacial score (nSPS) is 11.6. The Morgan fingerprint density at radius 1 is 1.00 bits per heavy atom. The maximum atomic E-state index is 5.29. The van der Waals surface area contributed by atoms with Crippen LogP contribution in [0, 0.1) is 0 Å². The molecule has 6 nitrogen and oxygen atoms in total. The Kier molecular flexibility index (Phi) is 4.19. The summed E-state index contributed by atoms with van der Waals surface area (Å²) in [4.78, 5) is 10.9. The van der Waals surface area contributed by atoms with Crippen molar-refractivity contribution in [2.45, 2.75) is 10.2 Å². The van der Waals surface area contributed by atoms with Gasteiger partial charge in [0, 0.05) is 10.9 Å². The van der Waals surface area contributed by atoms with Crippen molar-refractivity contribution in [3.63, 3.8) is 0 Å². The van der Waals surface area contributed by atoms with Crippen molar-refractivity contribution < 1.29 is 4.74 Å². The van der Waals surface area contributed by atoms with E-state index in [0.29, 0.717) is 0 Å². The van der Waals surface area contributed by atoms with Crippen LogP contribution in [-0.2, 0) is 0 Å². The van der Waals surface area contributed by atoms with Crippen molar-refractivity contribution in [3.05, 3.63) is 60.2 Å². The Hall–Kier alpha value is -3.01. The minimum atomic E-state index is 0.800. The van der Waals surface area contributed by atoms with Gasteiger partial charge >= 0.3 is 0 Å². The summed E-state index contributed by atoms with van der Waals surface area (Å²) >= 11 is 4.77. The molecule has 0 aliphatic rings. The van der Waals surface area contributed by atoms with E-state index in [1.54, 1.807) is 36.1 Å². The van der Waals surface area contributed by atoms with Crippen LogP contribution in [0.25, 0.3) is 36.5 Å². The molecular weight excluding hydrogens is 434 g/mol. The fourth-order valence-corrected chi connectivity index (χ4v) is 6.36. The largest absolute Gasteiger partial charge is 0.497 e. The number of fused-ring (bicyclic) bond motifs is 4. The van der Waals surface area contributed by atoms with Crippen LogP contribution in [0.2, 0.25) is 0 Å². The number of aromatic nitrogens is 5. The number of nitrogens with zero attached hydrogens (tertiary/aromatic N) is 5. The summed E-state index contributed by atoms with van der Waals surface area (Å²) in [6, 6.07) is 16.3. The second-order valence-corrected chi connectivity index (χ2v) is 9.33. The highest BCUT2D eigenvalue weighted by atomic mass is 32.2. The number of hydrogen-bond donors (Lipinski definition) is 0. The van der Waals surface area contributed by atoms with Gasteiger partial charge in [0.25, 0.3) is 0 Å². The maximum Gasteiger partial charge on any atom is 0.217 e. The average molecular weight is 448 g/mol. The highest BCUT2D eigenvalue weighted by Gasteiger charge is 2.18. The molecule has 0 aliphatic carbocycles. The number of rotatable bonds is 4. The van der Waals surface area contributed by atoms with Crippen molar-refractivity contribution in [1.29, 1.82) is 0 Å². The smallest absolute Gasteiger partial charge is 0.217 e. The van der Waals surface area contributed by atoms with E-state index in [0.717, 1.165) is 47.8 Å². The molecule has 0 unspecified atom stereocenters. The minimum absolute atomic E-state index is 0.800. The Bertz CT molecular complexity index is 1520. The minimum Gasteiger partial charge on any atom is -0.497 e. The van der Waals surface area contributed by atoms with E-state index in [1.165, 1.54) is 16.5 Å². The quantitative estimate of drug-likeness (QED) is 0.319. The molecule has 6 aromatic rings. The Morgan fingerprint density at radius 2 is 1.87 bits per heavy atom. The number of methoxy groups -OCH3 is 1. The summed E-state index contributed by atoms with van der Waals surface area (Å²) in [7, 11) is 1.67. The lowest BCUT2D eigenvalue weighted by Gasteiger charge is -2.05. The summed E-state index contributed by atoms with van der Waals surface area (Å²) in [5, 5.41) is 13.6. The van der Waals surface area contributed by atoms with Gasteiger partial charge in [0.1, 0.15) is 21.9 Å². The lowest BCUT2D eigenvalue weighted by Crippen LogP contribution is -1.90. The second kappa shape index (κ2) is 7.05. The van der Waals surface area contributed by atoms with Crippen molar-refractivity contribution in [1.82, 2.24) is 24.6 Å². The van der Waals surface area contributed by atoms with Crippen LogP contribution in [0.15, 0.2) is 70.4 Å². The molecular formula is C21H13N5OS3. The van der Waals surface area contributed by atoms with Gasteiger partial charge in [0.2, 0.25) is 10.1 Å². The van der Waals surface area contributed by atoms with Crippen LogP contribution in [-0.4, -0.2) is 31.7 Å². The Morgan fingerprint density at radius 3 is 2.73 bits per heavy atom. The number of hydrogen-bond acceptors (Lipinski definition) is 8. The molecule has 4 heterocycles. The van der Waals surface area contributed by atoms with Crippen molar-refractivity contribution in [2.24, 2.45) is 0 Å². The molecule has 9 heteroatoms. The molecule has 0 amide bonds. The molecule has 30 heavy (non-hydrogen) atoms. The second-order valence-electron chi connectivity index (χ2n) is 6.51. The first-order valence-electron chi connectivity index (χ1n) is 9.09. The summed E-state index contributed by atoms with van der Waals surface area (Å²) in [5.74, 6) is 0.833. The third kappa shape index (κ3) is 2.78. The fraction of sp³-hybridized carbons (Fsp3) is 0.0476. The number of thiophene rings is 1. The van der Waals surface area contributed by atoms with Crippen LogP contribution in [0.4, 0.5) is 0 Å². The van der Waals surface area contributed by atoms with Gasteiger partial charge in [0.05, 0.1) is 22.7 Å². The first-order valence-corrected chi connectivity index (χ1v) is 11.6.